The number of hydrogen-bond donors (Lipinski definition) is 0. The molecule has 0 heterocycles. The second-order valence-electron chi connectivity index (χ2n) is 3.61. The van der Waals surface area contributed by atoms with Gasteiger partial charge in [-0.15, -0.1) is 0 Å². The molecule has 0 spiro atoms. The molecule has 0 fully saturated rings. The SMILES string of the molecule is Bc1cc(F)c(C(C)C)cc1C. The molecule has 0 radical (unpaired) electrons. The van der Waals surface area contributed by atoms with Crippen LogP contribution in [0.15, 0.2) is 12.1 Å². The van der Waals surface area contributed by atoms with Crippen LogP contribution in [0.1, 0.15) is 30.9 Å². The average molecular weight is 164 g/mol. The van der Waals surface area contributed by atoms with Crippen LogP contribution >= 0.6 is 0 Å². The van der Waals surface area contributed by atoms with Gasteiger partial charge in [0.25, 0.3) is 0 Å². The zero-order chi connectivity index (χ0) is 9.30. The molecule has 1 rings (SSSR count). The van der Waals surface area contributed by atoms with Crippen LogP contribution in [0.25, 0.3) is 0 Å². The van der Waals surface area contributed by atoms with Crippen LogP contribution in [0.4, 0.5) is 4.39 Å². The summed E-state index contributed by atoms with van der Waals surface area (Å²) in [7, 11) is 1.93. The Morgan fingerprint density at radius 1 is 1.33 bits per heavy atom. The maximum absolute atomic E-state index is 13.3. The van der Waals surface area contributed by atoms with Gasteiger partial charge in [-0.25, -0.2) is 4.39 Å². The second-order valence-corrected chi connectivity index (χ2v) is 3.61. The summed E-state index contributed by atoms with van der Waals surface area (Å²) in [6, 6.07) is 3.56. The minimum Gasteiger partial charge on any atom is -0.207 e. The Morgan fingerprint density at radius 2 is 1.92 bits per heavy atom. The molecular formula is C10H14BF. The summed E-state index contributed by atoms with van der Waals surface area (Å²) in [5.74, 6) is 0.192. The van der Waals surface area contributed by atoms with E-state index >= 15 is 0 Å². The van der Waals surface area contributed by atoms with Crippen LogP contribution in [0, 0.1) is 12.7 Å². The fourth-order valence-electron chi connectivity index (χ4n) is 1.25. The van der Waals surface area contributed by atoms with Gasteiger partial charge in [0.2, 0.25) is 0 Å². The third kappa shape index (κ3) is 1.68. The molecule has 0 saturated carbocycles. The first kappa shape index (κ1) is 9.30. The van der Waals surface area contributed by atoms with E-state index in [2.05, 4.69) is 0 Å². The molecule has 0 aliphatic heterocycles. The summed E-state index contributed by atoms with van der Waals surface area (Å²) in [6.07, 6.45) is 0. The molecule has 0 aromatic heterocycles. The van der Waals surface area contributed by atoms with Gasteiger partial charge in [-0.3, -0.25) is 0 Å². The predicted molar refractivity (Wildman–Crippen MR) is 53.4 cm³/mol. The first-order chi connectivity index (χ1) is 5.52. The normalized spacial score (nSPS) is 10.8. The van der Waals surface area contributed by atoms with E-state index in [0.717, 1.165) is 11.0 Å². The van der Waals surface area contributed by atoms with E-state index in [1.165, 1.54) is 5.56 Å². The Balaban J connectivity index is 3.23. The largest absolute Gasteiger partial charge is 0.207 e. The van der Waals surface area contributed by atoms with Gasteiger partial charge in [0.15, 0.2) is 0 Å². The van der Waals surface area contributed by atoms with Crippen molar-refractivity contribution in [2.24, 2.45) is 0 Å². The number of halogens is 1. The first-order valence-electron chi connectivity index (χ1n) is 4.29. The third-order valence-corrected chi connectivity index (χ3v) is 2.24. The second kappa shape index (κ2) is 3.30. The van der Waals surface area contributed by atoms with Crippen molar-refractivity contribution in [2.45, 2.75) is 26.7 Å². The summed E-state index contributed by atoms with van der Waals surface area (Å²) in [4.78, 5) is 0. The van der Waals surface area contributed by atoms with Crippen LogP contribution in [-0.2, 0) is 0 Å². The summed E-state index contributed by atoms with van der Waals surface area (Å²) in [6.45, 7) is 6.03. The van der Waals surface area contributed by atoms with Crippen LogP contribution in [-0.4, -0.2) is 7.85 Å². The lowest BCUT2D eigenvalue weighted by molar-refractivity contribution is 0.599. The zero-order valence-electron chi connectivity index (χ0n) is 8.11. The molecule has 1 aromatic rings. The van der Waals surface area contributed by atoms with Crippen molar-refractivity contribution in [1.82, 2.24) is 0 Å². The van der Waals surface area contributed by atoms with Gasteiger partial charge in [0, 0.05) is 0 Å². The molecule has 0 atom stereocenters. The summed E-state index contributed by atoms with van der Waals surface area (Å²) in [5.41, 5.74) is 3.01. The molecule has 2 heteroatoms. The molecule has 1 aromatic carbocycles. The fourth-order valence-corrected chi connectivity index (χ4v) is 1.25. The number of aryl methyl sites for hydroxylation is 1. The highest BCUT2D eigenvalue weighted by Gasteiger charge is 2.07. The fraction of sp³-hybridized carbons (Fsp3) is 0.400. The van der Waals surface area contributed by atoms with Gasteiger partial charge in [0.05, 0.1) is 0 Å². The molecule has 0 aliphatic rings. The Labute approximate surface area is 74.2 Å². The van der Waals surface area contributed by atoms with E-state index in [9.17, 15) is 4.39 Å². The van der Waals surface area contributed by atoms with Gasteiger partial charge in [-0.2, -0.15) is 0 Å². The highest BCUT2D eigenvalue weighted by molar-refractivity contribution is 6.33. The predicted octanol–water partition coefficient (Wildman–Crippen LogP) is 1.52. The minimum absolute atomic E-state index is 0.0758. The van der Waals surface area contributed by atoms with Crippen LogP contribution in [0.3, 0.4) is 0 Å². The lowest BCUT2D eigenvalue weighted by Crippen LogP contribution is -2.10. The lowest BCUT2D eigenvalue weighted by Gasteiger charge is -2.09. The van der Waals surface area contributed by atoms with E-state index in [1.807, 2.05) is 34.7 Å². The number of benzene rings is 1. The van der Waals surface area contributed by atoms with Gasteiger partial charge in [-0.1, -0.05) is 30.9 Å². The molecule has 0 unspecified atom stereocenters. The maximum atomic E-state index is 13.3. The van der Waals surface area contributed by atoms with Crippen LogP contribution in [0.2, 0.25) is 0 Å². The van der Waals surface area contributed by atoms with Gasteiger partial charge >= 0.3 is 0 Å². The molecule has 0 bridgehead atoms. The monoisotopic (exact) mass is 164 g/mol. The highest BCUT2D eigenvalue weighted by Crippen LogP contribution is 2.17. The van der Waals surface area contributed by atoms with Gasteiger partial charge < -0.3 is 0 Å². The molecule has 0 nitrogen and oxygen atoms in total. The van der Waals surface area contributed by atoms with Crippen molar-refractivity contribution >= 4 is 13.3 Å². The summed E-state index contributed by atoms with van der Waals surface area (Å²) < 4.78 is 13.3. The molecule has 0 amide bonds. The topological polar surface area (TPSA) is 0 Å². The quantitative estimate of drug-likeness (QED) is 0.552. The standard InChI is InChI=1S/C10H14BF/c1-6(2)8-4-7(3)9(11)5-10(8)12/h4-6H,11H2,1-3H3. The zero-order valence-corrected chi connectivity index (χ0v) is 8.11. The molecule has 0 saturated heterocycles. The summed E-state index contributed by atoms with van der Waals surface area (Å²) >= 11 is 0. The van der Waals surface area contributed by atoms with E-state index in [1.54, 1.807) is 6.07 Å². The third-order valence-electron chi connectivity index (χ3n) is 2.24. The van der Waals surface area contributed by atoms with Crippen molar-refractivity contribution in [1.29, 1.82) is 0 Å². The lowest BCUT2D eigenvalue weighted by atomic mass is 9.87. The van der Waals surface area contributed by atoms with Crippen molar-refractivity contribution in [2.75, 3.05) is 0 Å². The average Bonchev–Trinajstić information content (AvgIpc) is 1.96. The molecule has 0 aliphatic carbocycles. The molecule has 0 N–H and O–H groups in total. The van der Waals surface area contributed by atoms with E-state index in [4.69, 9.17) is 0 Å². The maximum Gasteiger partial charge on any atom is 0.139 e. The number of hydrogen-bond acceptors (Lipinski definition) is 0. The Hall–Kier alpha value is -0.785. The van der Waals surface area contributed by atoms with Crippen LogP contribution < -0.4 is 5.46 Å². The summed E-state index contributed by atoms with van der Waals surface area (Å²) in [5, 5.41) is 0. The highest BCUT2D eigenvalue weighted by atomic mass is 19.1. The van der Waals surface area contributed by atoms with Gasteiger partial charge in [-0.05, 0) is 24.5 Å². The van der Waals surface area contributed by atoms with Gasteiger partial charge in [0.1, 0.15) is 13.7 Å². The van der Waals surface area contributed by atoms with Crippen molar-refractivity contribution in [3.05, 3.63) is 29.1 Å². The van der Waals surface area contributed by atoms with E-state index < -0.39 is 0 Å². The molecule has 12 heavy (non-hydrogen) atoms. The molecule has 64 valence electrons. The van der Waals surface area contributed by atoms with E-state index in [-0.39, 0.29) is 11.7 Å². The smallest absolute Gasteiger partial charge is 0.139 e. The number of rotatable bonds is 1. The Morgan fingerprint density at radius 3 is 2.42 bits per heavy atom. The van der Waals surface area contributed by atoms with E-state index in [0.29, 0.717) is 0 Å². The molecular weight excluding hydrogens is 150 g/mol. The van der Waals surface area contributed by atoms with Crippen molar-refractivity contribution < 1.29 is 4.39 Å². The van der Waals surface area contributed by atoms with Crippen LogP contribution in [0.5, 0.6) is 0 Å². The van der Waals surface area contributed by atoms with Crippen molar-refractivity contribution in [3.63, 3.8) is 0 Å². The first-order valence-corrected chi connectivity index (χ1v) is 4.29. The minimum atomic E-state index is -0.0758. The van der Waals surface area contributed by atoms with Crippen molar-refractivity contribution in [3.8, 4) is 0 Å². The Bertz CT molecular complexity index is 292. The Kier molecular flexibility index (Phi) is 2.56.